The normalized spacial score (nSPS) is 33.6. The minimum atomic E-state index is -0.835. The van der Waals surface area contributed by atoms with Crippen LogP contribution in [0.2, 0.25) is 0 Å². The molecule has 3 unspecified atom stereocenters. The van der Waals surface area contributed by atoms with Gasteiger partial charge in [0.05, 0.1) is 5.25 Å². The molecule has 1 aliphatic rings. The molecule has 0 amide bonds. The summed E-state index contributed by atoms with van der Waals surface area (Å²) in [6, 6.07) is 0. The molecule has 11 heavy (non-hydrogen) atoms. The number of hydrogen-bond donors (Lipinski definition) is 1. The molecule has 0 aromatic rings. The zero-order valence-corrected chi connectivity index (χ0v) is 7.38. The fourth-order valence-electron chi connectivity index (χ4n) is 1.14. The highest BCUT2D eigenvalue weighted by Gasteiger charge is 2.20. The van der Waals surface area contributed by atoms with Gasteiger partial charge in [-0.3, -0.25) is 9.20 Å². The molecule has 0 spiro atoms. The molecule has 0 saturated carbocycles. The minimum absolute atomic E-state index is 0.0564. The molecule has 0 saturated heterocycles. The van der Waals surface area contributed by atoms with E-state index in [1.54, 1.807) is 12.5 Å². The first-order chi connectivity index (χ1) is 5.24. The molecule has 1 rings (SSSR count). The fraction of sp³-hybridized carbons (Fsp3) is 0.857. The summed E-state index contributed by atoms with van der Waals surface area (Å²) in [6.07, 6.45) is 4.24. The van der Waals surface area contributed by atoms with Crippen LogP contribution < -0.4 is 0 Å². The van der Waals surface area contributed by atoms with Crippen molar-refractivity contribution >= 4 is 17.0 Å². The Balaban J connectivity index is 2.52. The van der Waals surface area contributed by atoms with E-state index in [1.807, 2.05) is 0 Å². The van der Waals surface area contributed by atoms with Crippen molar-refractivity contribution in [2.24, 2.45) is 10.9 Å². The Morgan fingerprint density at radius 3 is 3.09 bits per heavy atom. The van der Waals surface area contributed by atoms with Gasteiger partial charge in [0.15, 0.2) is 0 Å². The Morgan fingerprint density at radius 2 is 2.55 bits per heavy atom. The van der Waals surface area contributed by atoms with Crippen molar-refractivity contribution in [3.05, 3.63) is 0 Å². The molecule has 1 aliphatic heterocycles. The summed E-state index contributed by atoms with van der Waals surface area (Å²) >= 11 is 0. The quantitative estimate of drug-likeness (QED) is 0.632. The van der Waals surface area contributed by atoms with E-state index in [4.69, 9.17) is 5.11 Å². The highest BCUT2D eigenvalue weighted by molar-refractivity contribution is 7.85. The summed E-state index contributed by atoms with van der Waals surface area (Å²) in [7, 11) is -0.835. The first-order valence-electron chi connectivity index (χ1n) is 3.67. The van der Waals surface area contributed by atoms with Gasteiger partial charge in [0.2, 0.25) is 0 Å². The van der Waals surface area contributed by atoms with Crippen molar-refractivity contribution in [1.82, 2.24) is 0 Å². The minimum Gasteiger partial charge on any atom is -0.396 e. The van der Waals surface area contributed by atoms with Crippen molar-refractivity contribution in [3.63, 3.8) is 0 Å². The predicted octanol–water partition coefficient (Wildman–Crippen LogP) is -0.183. The average molecular weight is 175 g/mol. The van der Waals surface area contributed by atoms with Crippen LogP contribution in [0.1, 0.15) is 6.42 Å². The molecule has 0 fully saturated rings. The van der Waals surface area contributed by atoms with Crippen LogP contribution in [-0.2, 0) is 10.8 Å². The summed E-state index contributed by atoms with van der Waals surface area (Å²) in [6.45, 7) is 0.842. The molecule has 0 aliphatic carbocycles. The number of hydrogen-bond acceptors (Lipinski definition) is 3. The van der Waals surface area contributed by atoms with Gasteiger partial charge in [-0.1, -0.05) is 0 Å². The SMILES string of the molecule is CS(=O)C1C=NCC(CO)C1. The Labute approximate surface area is 69.0 Å². The first-order valence-corrected chi connectivity index (χ1v) is 5.29. The van der Waals surface area contributed by atoms with Gasteiger partial charge in [0, 0.05) is 42.3 Å². The second kappa shape index (κ2) is 3.97. The van der Waals surface area contributed by atoms with E-state index in [9.17, 15) is 4.21 Å². The average Bonchev–Trinajstić information content (AvgIpc) is 2.05. The lowest BCUT2D eigenvalue weighted by atomic mass is 10.0. The van der Waals surface area contributed by atoms with E-state index in [0.29, 0.717) is 6.54 Å². The standard InChI is InChI=1S/C7H13NO2S/c1-11(10)7-2-6(5-9)3-8-4-7/h4,6-7,9H,2-3,5H2,1H3. The Hall–Kier alpha value is -0.220. The van der Waals surface area contributed by atoms with E-state index in [1.165, 1.54) is 0 Å². The maximum Gasteiger partial charge on any atom is 0.0697 e. The van der Waals surface area contributed by atoms with Crippen molar-refractivity contribution in [1.29, 1.82) is 0 Å². The van der Waals surface area contributed by atoms with Crippen LogP contribution in [0.4, 0.5) is 0 Å². The van der Waals surface area contributed by atoms with Gasteiger partial charge in [-0.2, -0.15) is 0 Å². The molecular weight excluding hydrogens is 162 g/mol. The van der Waals surface area contributed by atoms with Crippen LogP contribution in [-0.4, -0.2) is 40.2 Å². The van der Waals surface area contributed by atoms with E-state index in [-0.39, 0.29) is 17.8 Å². The van der Waals surface area contributed by atoms with Gasteiger partial charge in [0.25, 0.3) is 0 Å². The monoisotopic (exact) mass is 175 g/mol. The van der Waals surface area contributed by atoms with Crippen molar-refractivity contribution in [2.75, 3.05) is 19.4 Å². The summed E-state index contributed by atoms with van der Waals surface area (Å²) in [4.78, 5) is 4.05. The van der Waals surface area contributed by atoms with Crippen molar-refractivity contribution in [3.8, 4) is 0 Å². The summed E-state index contributed by atoms with van der Waals surface area (Å²) in [5.41, 5.74) is 0. The third-order valence-electron chi connectivity index (χ3n) is 1.89. The zero-order chi connectivity index (χ0) is 8.27. The largest absolute Gasteiger partial charge is 0.396 e. The molecule has 3 atom stereocenters. The maximum absolute atomic E-state index is 11.0. The Bertz CT molecular complexity index is 181. The van der Waals surface area contributed by atoms with Gasteiger partial charge in [0.1, 0.15) is 0 Å². The second-order valence-corrected chi connectivity index (χ2v) is 4.44. The summed E-state index contributed by atoms with van der Waals surface area (Å²) in [5, 5.41) is 8.87. The number of nitrogens with zero attached hydrogens (tertiary/aromatic N) is 1. The highest BCUT2D eigenvalue weighted by Crippen LogP contribution is 2.13. The number of rotatable bonds is 2. The molecule has 64 valence electrons. The Kier molecular flexibility index (Phi) is 3.20. The first kappa shape index (κ1) is 8.87. The van der Waals surface area contributed by atoms with Crippen LogP contribution in [0, 0.1) is 5.92 Å². The lowest BCUT2D eigenvalue weighted by Gasteiger charge is -2.20. The van der Waals surface area contributed by atoms with Crippen LogP contribution in [0.25, 0.3) is 0 Å². The van der Waals surface area contributed by atoms with Crippen LogP contribution in [0.3, 0.4) is 0 Å². The topological polar surface area (TPSA) is 49.7 Å². The smallest absolute Gasteiger partial charge is 0.0697 e. The molecule has 3 nitrogen and oxygen atoms in total. The fourth-order valence-corrected chi connectivity index (χ4v) is 1.95. The molecule has 0 radical (unpaired) electrons. The van der Waals surface area contributed by atoms with Crippen molar-refractivity contribution < 1.29 is 9.32 Å². The van der Waals surface area contributed by atoms with E-state index >= 15 is 0 Å². The number of aliphatic imine (C=N–C) groups is 1. The molecule has 1 N–H and O–H groups in total. The third kappa shape index (κ3) is 2.38. The molecular formula is C7H13NO2S. The van der Waals surface area contributed by atoms with Gasteiger partial charge in [-0.05, 0) is 6.42 Å². The van der Waals surface area contributed by atoms with Crippen LogP contribution in [0.5, 0.6) is 0 Å². The van der Waals surface area contributed by atoms with Gasteiger partial charge >= 0.3 is 0 Å². The van der Waals surface area contributed by atoms with Gasteiger partial charge in [-0.15, -0.1) is 0 Å². The molecule has 0 bridgehead atoms. The predicted molar refractivity (Wildman–Crippen MR) is 46.4 cm³/mol. The highest BCUT2D eigenvalue weighted by atomic mass is 32.2. The number of aliphatic hydroxyl groups is 1. The summed E-state index contributed by atoms with van der Waals surface area (Å²) in [5.74, 6) is 0.217. The summed E-state index contributed by atoms with van der Waals surface area (Å²) < 4.78 is 11.0. The molecule has 0 aromatic heterocycles. The number of aliphatic hydroxyl groups excluding tert-OH is 1. The van der Waals surface area contributed by atoms with Crippen LogP contribution >= 0.6 is 0 Å². The maximum atomic E-state index is 11.0. The van der Waals surface area contributed by atoms with Gasteiger partial charge < -0.3 is 5.11 Å². The third-order valence-corrected chi connectivity index (χ3v) is 3.05. The zero-order valence-electron chi connectivity index (χ0n) is 6.56. The second-order valence-electron chi connectivity index (χ2n) is 2.84. The van der Waals surface area contributed by atoms with E-state index < -0.39 is 10.8 Å². The van der Waals surface area contributed by atoms with E-state index in [2.05, 4.69) is 4.99 Å². The molecule has 1 heterocycles. The Morgan fingerprint density at radius 1 is 1.82 bits per heavy atom. The van der Waals surface area contributed by atoms with E-state index in [0.717, 1.165) is 6.42 Å². The lowest BCUT2D eigenvalue weighted by molar-refractivity contribution is 0.223. The van der Waals surface area contributed by atoms with Crippen molar-refractivity contribution in [2.45, 2.75) is 11.7 Å². The lowest BCUT2D eigenvalue weighted by Crippen LogP contribution is -2.27. The molecule has 0 aromatic carbocycles. The van der Waals surface area contributed by atoms with Gasteiger partial charge in [-0.25, -0.2) is 0 Å². The van der Waals surface area contributed by atoms with Crippen LogP contribution in [0.15, 0.2) is 4.99 Å². The molecule has 4 heteroatoms.